The Labute approximate surface area is 153 Å². The molecule has 1 heterocycles. The quantitative estimate of drug-likeness (QED) is 0.841. The van der Waals surface area contributed by atoms with Crippen molar-refractivity contribution < 1.29 is 9.53 Å². The van der Waals surface area contributed by atoms with Gasteiger partial charge in [0.25, 0.3) is 0 Å². The minimum atomic E-state index is -0.0441. The second-order valence-electron chi connectivity index (χ2n) is 7.52. The van der Waals surface area contributed by atoms with Crippen molar-refractivity contribution >= 4 is 22.4 Å². The zero-order chi connectivity index (χ0) is 17.9. The lowest BCUT2D eigenvalue weighted by Gasteiger charge is -2.19. The van der Waals surface area contributed by atoms with Crippen LogP contribution in [0.1, 0.15) is 56.2 Å². The Morgan fingerprint density at radius 2 is 1.92 bits per heavy atom. The topological polar surface area (TPSA) is 51.2 Å². The molecule has 0 atom stereocenters. The predicted octanol–water partition coefficient (Wildman–Crippen LogP) is 4.73. The van der Waals surface area contributed by atoms with Crippen molar-refractivity contribution in [2.75, 3.05) is 11.9 Å². The van der Waals surface area contributed by atoms with Gasteiger partial charge in [-0.25, -0.2) is 4.98 Å². The average Bonchev–Trinajstić information content (AvgIpc) is 2.96. The third kappa shape index (κ3) is 4.82. The minimum absolute atomic E-state index is 0.0441. The molecule has 1 aromatic carbocycles. The number of hydrogen-bond acceptors (Lipinski definition) is 4. The van der Waals surface area contributed by atoms with Gasteiger partial charge < -0.3 is 10.1 Å². The smallest absolute Gasteiger partial charge is 0.229 e. The number of nitrogens with zero attached hydrogens (tertiary/aromatic N) is 1. The van der Waals surface area contributed by atoms with E-state index in [9.17, 15) is 4.79 Å². The van der Waals surface area contributed by atoms with Gasteiger partial charge in [-0.2, -0.15) is 0 Å². The van der Waals surface area contributed by atoms with Crippen LogP contribution in [-0.2, 0) is 23.1 Å². The van der Waals surface area contributed by atoms with E-state index in [0.717, 1.165) is 23.7 Å². The van der Waals surface area contributed by atoms with Gasteiger partial charge in [0.05, 0.1) is 18.7 Å². The second-order valence-corrected chi connectivity index (χ2v) is 8.60. The molecule has 2 aromatic rings. The normalized spacial score (nSPS) is 14.0. The van der Waals surface area contributed by atoms with Crippen LogP contribution in [0.4, 0.5) is 5.13 Å². The van der Waals surface area contributed by atoms with E-state index >= 15 is 0 Å². The van der Waals surface area contributed by atoms with Crippen molar-refractivity contribution in [3.05, 3.63) is 40.4 Å². The molecule has 3 rings (SSSR count). The SMILES string of the molecule is CC(C)(C)c1ccc(OCCC(=O)Nc2nc3c(s2)CCCC3)cc1. The molecule has 0 saturated heterocycles. The van der Waals surface area contributed by atoms with Gasteiger partial charge in [-0.05, 0) is 48.8 Å². The average molecular weight is 359 g/mol. The van der Waals surface area contributed by atoms with Crippen LogP contribution < -0.4 is 10.1 Å². The maximum absolute atomic E-state index is 12.1. The molecule has 1 aliphatic rings. The predicted molar refractivity (Wildman–Crippen MR) is 103 cm³/mol. The summed E-state index contributed by atoms with van der Waals surface area (Å²) in [6, 6.07) is 8.09. The molecule has 5 heteroatoms. The highest BCUT2D eigenvalue weighted by Crippen LogP contribution is 2.29. The highest BCUT2D eigenvalue weighted by molar-refractivity contribution is 7.15. The fourth-order valence-corrected chi connectivity index (χ4v) is 3.97. The summed E-state index contributed by atoms with van der Waals surface area (Å²) in [6.07, 6.45) is 4.88. The van der Waals surface area contributed by atoms with E-state index in [1.54, 1.807) is 11.3 Å². The molecular formula is C20H26N2O2S. The van der Waals surface area contributed by atoms with Crippen molar-refractivity contribution in [3.8, 4) is 5.75 Å². The van der Waals surface area contributed by atoms with E-state index in [4.69, 9.17) is 4.74 Å². The molecule has 0 spiro atoms. The number of fused-ring (bicyclic) bond motifs is 1. The van der Waals surface area contributed by atoms with Crippen molar-refractivity contribution in [2.24, 2.45) is 0 Å². The van der Waals surface area contributed by atoms with E-state index in [2.05, 4.69) is 43.2 Å². The van der Waals surface area contributed by atoms with Gasteiger partial charge in [-0.15, -0.1) is 11.3 Å². The van der Waals surface area contributed by atoms with Crippen molar-refractivity contribution in [3.63, 3.8) is 0 Å². The lowest BCUT2D eigenvalue weighted by atomic mass is 9.87. The number of benzene rings is 1. The van der Waals surface area contributed by atoms with Crippen LogP contribution in [0, 0.1) is 0 Å². The lowest BCUT2D eigenvalue weighted by molar-refractivity contribution is -0.116. The monoisotopic (exact) mass is 358 g/mol. The second kappa shape index (κ2) is 7.56. The Kier molecular flexibility index (Phi) is 5.42. The summed E-state index contributed by atoms with van der Waals surface area (Å²) in [5.41, 5.74) is 2.57. The van der Waals surface area contributed by atoms with E-state index in [0.29, 0.717) is 13.0 Å². The summed E-state index contributed by atoms with van der Waals surface area (Å²) in [6.45, 7) is 6.92. The Morgan fingerprint density at radius 1 is 1.20 bits per heavy atom. The highest BCUT2D eigenvalue weighted by atomic mass is 32.1. The molecule has 25 heavy (non-hydrogen) atoms. The van der Waals surface area contributed by atoms with Gasteiger partial charge >= 0.3 is 0 Å². The minimum Gasteiger partial charge on any atom is -0.493 e. The third-order valence-electron chi connectivity index (χ3n) is 4.41. The third-order valence-corrected chi connectivity index (χ3v) is 5.48. The lowest BCUT2D eigenvalue weighted by Crippen LogP contribution is -2.15. The summed E-state index contributed by atoms with van der Waals surface area (Å²) in [7, 11) is 0. The summed E-state index contributed by atoms with van der Waals surface area (Å²) in [5, 5.41) is 3.63. The van der Waals surface area contributed by atoms with Gasteiger partial charge in [-0.1, -0.05) is 32.9 Å². The number of nitrogens with one attached hydrogen (secondary N) is 1. The highest BCUT2D eigenvalue weighted by Gasteiger charge is 2.16. The van der Waals surface area contributed by atoms with Crippen LogP contribution in [0.15, 0.2) is 24.3 Å². The van der Waals surface area contributed by atoms with Gasteiger partial charge in [0.15, 0.2) is 5.13 Å². The fraction of sp³-hybridized carbons (Fsp3) is 0.500. The Bertz CT molecular complexity index is 706. The summed E-state index contributed by atoms with van der Waals surface area (Å²) < 4.78 is 5.69. The molecule has 0 bridgehead atoms. The molecule has 1 aromatic heterocycles. The van der Waals surface area contributed by atoms with Crippen LogP contribution in [0.3, 0.4) is 0 Å². The number of anilines is 1. The summed E-state index contributed by atoms with van der Waals surface area (Å²) in [4.78, 5) is 17.9. The number of aromatic nitrogens is 1. The van der Waals surface area contributed by atoms with Crippen LogP contribution in [-0.4, -0.2) is 17.5 Å². The van der Waals surface area contributed by atoms with Gasteiger partial charge in [0.1, 0.15) is 5.75 Å². The number of aryl methyl sites for hydroxylation is 2. The fourth-order valence-electron chi connectivity index (χ4n) is 2.90. The number of rotatable bonds is 5. The molecule has 0 aliphatic heterocycles. The molecule has 0 fully saturated rings. The molecule has 1 amide bonds. The van der Waals surface area contributed by atoms with Crippen LogP contribution in [0.25, 0.3) is 0 Å². The van der Waals surface area contributed by atoms with E-state index < -0.39 is 0 Å². The van der Waals surface area contributed by atoms with Crippen LogP contribution in [0.5, 0.6) is 5.75 Å². The van der Waals surface area contributed by atoms with Gasteiger partial charge in [0.2, 0.25) is 5.91 Å². The first-order chi connectivity index (χ1) is 11.9. The standard InChI is InChI=1S/C20H26N2O2S/c1-20(2,3)14-8-10-15(11-9-14)24-13-12-18(23)22-19-21-16-6-4-5-7-17(16)25-19/h8-11H,4-7,12-13H2,1-3H3,(H,21,22,23). The molecule has 1 N–H and O–H groups in total. The Hall–Kier alpha value is -1.88. The Balaban J connectivity index is 1.45. The van der Waals surface area contributed by atoms with Crippen LogP contribution in [0.2, 0.25) is 0 Å². The molecule has 1 aliphatic carbocycles. The summed E-state index contributed by atoms with van der Waals surface area (Å²) >= 11 is 1.61. The number of ether oxygens (including phenoxy) is 1. The van der Waals surface area contributed by atoms with Crippen LogP contribution >= 0.6 is 11.3 Å². The number of hydrogen-bond donors (Lipinski definition) is 1. The van der Waals surface area contributed by atoms with Gasteiger partial charge in [0, 0.05) is 4.88 Å². The number of thiazole rings is 1. The first-order valence-electron chi connectivity index (χ1n) is 8.93. The van der Waals surface area contributed by atoms with Crippen molar-refractivity contribution in [1.29, 1.82) is 0 Å². The molecule has 134 valence electrons. The van der Waals surface area contributed by atoms with E-state index in [-0.39, 0.29) is 11.3 Å². The molecule has 0 saturated carbocycles. The molecule has 4 nitrogen and oxygen atoms in total. The number of carbonyl (C=O) groups excluding carboxylic acids is 1. The van der Waals surface area contributed by atoms with E-state index in [1.165, 1.54) is 29.0 Å². The van der Waals surface area contributed by atoms with E-state index in [1.807, 2.05) is 12.1 Å². The first kappa shape index (κ1) is 17.9. The van der Waals surface area contributed by atoms with Gasteiger partial charge in [-0.3, -0.25) is 4.79 Å². The van der Waals surface area contributed by atoms with Crippen molar-refractivity contribution in [2.45, 2.75) is 58.3 Å². The molecule has 0 unspecified atom stereocenters. The maximum atomic E-state index is 12.1. The summed E-state index contributed by atoms with van der Waals surface area (Å²) in [5.74, 6) is 0.753. The first-order valence-corrected chi connectivity index (χ1v) is 9.75. The molecule has 0 radical (unpaired) electrons. The maximum Gasteiger partial charge on any atom is 0.229 e. The largest absolute Gasteiger partial charge is 0.493 e. The number of amides is 1. The Morgan fingerprint density at radius 3 is 2.60 bits per heavy atom. The zero-order valence-electron chi connectivity index (χ0n) is 15.2. The zero-order valence-corrected chi connectivity index (χ0v) is 16.0. The molecular weight excluding hydrogens is 332 g/mol. The number of carbonyl (C=O) groups is 1. The van der Waals surface area contributed by atoms with Crippen molar-refractivity contribution in [1.82, 2.24) is 4.98 Å².